The zero-order valence-electron chi connectivity index (χ0n) is 8.27. The molecule has 0 fully saturated rings. The minimum absolute atomic E-state index is 0.537. The van der Waals surface area contributed by atoms with Gasteiger partial charge in [0.1, 0.15) is 0 Å². The molecule has 0 amide bonds. The highest BCUT2D eigenvalue weighted by molar-refractivity contribution is 7.12. The van der Waals surface area contributed by atoms with Crippen LogP contribution in [0, 0.1) is 13.8 Å². The van der Waals surface area contributed by atoms with Crippen molar-refractivity contribution >= 4 is 11.3 Å². The van der Waals surface area contributed by atoms with Gasteiger partial charge in [0.15, 0.2) is 0 Å². The van der Waals surface area contributed by atoms with E-state index in [9.17, 15) is 0 Å². The van der Waals surface area contributed by atoms with Crippen molar-refractivity contribution in [3.05, 3.63) is 21.4 Å². The van der Waals surface area contributed by atoms with Gasteiger partial charge >= 0.3 is 0 Å². The highest BCUT2D eigenvalue weighted by Crippen LogP contribution is 2.27. The van der Waals surface area contributed by atoms with Gasteiger partial charge in [-0.1, -0.05) is 6.92 Å². The van der Waals surface area contributed by atoms with Gasteiger partial charge in [-0.25, -0.2) is 0 Å². The summed E-state index contributed by atoms with van der Waals surface area (Å²) in [5.74, 6) is 0. The van der Waals surface area contributed by atoms with Crippen molar-refractivity contribution < 1.29 is 0 Å². The Morgan fingerprint density at radius 3 is 2.50 bits per heavy atom. The van der Waals surface area contributed by atoms with E-state index in [1.807, 2.05) is 18.4 Å². The Bertz CT molecular complexity index is 248. The summed E-state index contributed by atoms with van der Waals surface area (Å²) in [6.45, 7) is 6.59. The van der Waals surface area contributed by atoms with Gasteiger partial charge in [-0.3, -0.25) is 0 Å². The van der Waals surface area contributed by atoms with E-state index in [4.69, 9.17) is 0 Å². The fourth-order valence-corrected chi connectivity index (χ4v) is 2.56. The second-order valence-electron chi connectivity index (χ2n) is 3.12. The summed E-state index contributed by atoms with van der Waals surface area (Å²) in [5, 5.41) is 3.33. The highest BCUT2D eigenvalue weighted by Gasteiger charge is 2.11. The molecule has 1 heterocycles. The Balaban J connectivity index is 2.91. The largest absolute Gasteiger partial charge is 0.313 e. The topological polar surface area (TPSA) is 12.0 Å². The van der Waals surface area contributed by atoms with Crippen LogP contribution in [0.1, 0.15) is 34.7 Å². The Labute approximate surface area is 78.8 Å². The van der Waals surface area contributed by atoms with Crippen LogP contribution in [0.5, 0.6) is 0 Å². The molecular weight excluding hydrogens is 166 g/mol. The fraction of sp³-hybridized carbons (Fsp3) is 0.600. The lowest BCUT2D eigenvalue weighted by Crippen LogP contribution is -2.15. The summed E-state index contributed by atoms with van der Waals surface area (Å²) in [6.07, 6.45) is 1.16. The van der Waals surface area contributed by atoms with E-state index < -0.39 is 0 Å². The Kier molecular flexibility index (Phi) is 3.29. The SMILES string of the molecule is CCC(NC)c1cc(C)sc1C. The summed E-state index contributed by atoms with van der Waals surface area (Å²) >= 11 is 1.89. The van der Waals surface area contributed by atoms with Crippen LogP contribution in [-0.2, 0) is 0 Å². The molecule has 12 heavy (non-hydrogen) atoms. The fourth-order valence-electron chi connectivity index (χ4n) is 1.58. The predicted molar refractivity (Wildman–Crippen MR) is 55.9 cm³/mol. The van der Waals surface area contributed by atoms with Crippen LogP contribution in [0.4, 0.5) is 0 Å². The Hall–Kier alpha value is -0.340. The van der Waals surface area contributed by atoms with Gasteiger partial charge in [-0.2, -0.15) is 0 Å². The second kappa shape index (κ2) is 4.06. The first-order valence-electron chi connectivity index (χ1n) is 4.43. The minimum Gasteiger partial charge on any atom is -0.313 e. The Morgan fingerprint density at radius 1 is 1.50 bits per heavy atom. The van der Waals surface area contributed by atoms with Crippen molar-refractivity contribution in [1.82, 2.24) is 5.32 Å². The molecular formula is C10H17NS. The molecule has 1 aromatic rings. The van der Waals surface area contributed by atoms with Crippen LogP contribution >= 0.6 is 11.3 Å². The van der Waals surface area contributed by atoms with E-state index in [1.165, 1.54) is 15.3 Å². The maximum absolute atomic E-state index is 3.33. The van der Waals surface area contributed by atoms with E-state index >= 15 is 0 Å². The number of aryl methyl sites for hydroxylation is 2. The molecule has 0 aliphatic heterocycles. The van der Waals surface area contributed by atoms with Gasteiger partial charge in [0.25, 0.3) is 0 Å². The molecule has 68 valence electrons. The quantitative estimate of drug-likeness (QED) is 0.759. The summed E-state index contributed by atoms with van der Waals surface area (Å²) in [6, 6.07) is 2.83. The molecule has 1 rings (SSSR count). The average molecular weight is 183 g/mol. The van der Waals surface area contributed by atoms with E-state index in [2.05, 4.69) is 32.2 Å². The molecule has 1 atom stereocenters. The molecule has 1 nitrogen and oxygen atoms in total. The van der Waals surface area contributed by atoms with Crippen LogP contribution < -0.4 is 5.32 Å². The lowest BCUT2D eigenvalue weighted by molar-refractivity contribution is 0.576. The molecule has 0 bridgehead atoms. The van der Waals surface area contributed by atoms with Crippen molar-refractivity contribution in [2.75, 3.05) is 7.05 Å². The summed E-state index contributed by atoms with van der Waals surface area (Å²) in [4.78, 5) is 2.87. The van der Waals surface area contributed by atoms with Gasteiger partial charge in [0.2, 0.25) is 0 Å². The van der Waals surface area contributed by atoms with Crippen molar-refractivity contribution in [2.45, 2.75) is 33.2 Å². The van der Waals surface area contributed by atoms with E-state index in [1.54, 1.807) is 0 Å². The van der Waals surface area contributed by atoms with Crippen molar-refractivity contribution in [1.29, 1.82) is 0 Å². The number of nitrogens with one attached hydrogen (secondary N) is 1. The van der Waals surface area contributed by atoms with Crippen LogP contribution in [0.3, 0.4) is 0 Å². The van der Waals surface area contributed by atoms with Crippen LogP contribution in [0.25, 0.3) is 0 Å². The maximum atomic E-state index is 3.33. The van der Waals surface area contributed by atoms with Crippen molar-refractivity contribution in [2.24, 2.45) is 0 Å². The zero-order valence-corrected chi connectivity index (χ0v) is 9.09. The Morgan fingerprint density at radius 2 is 2.17 bits per heavy atom. The minimum atomic E-state index is 0.537. The van der Waals surface area contributed by atoms with Gasteiger partial charge in [0.05, 0.1) is 0 Å². The van der Waals surface area contributed by atoms with Gasteiger partial charge in [0, 0.05) is 15.8 Å². The van der Waals surface area contributed by atoms with Crippen molar-refractivity contribution in [3.63, 3.8) is 0 Å². The van der Waals surface area contributed by atoms with E-state index in [0.29, 0.717) is 6.04 Å². The van der Waals surface area contributed by atoms with Crippen LogP contribution in [-0.4, -0.2) is 7.05 Å². The molecule has 0 radical (unpaired) electrons. The molecule has 1 unspecified atom stereocenters. The molecule has 0 aliphatic rings. The third kappa shape index (κ3) is 1.87. The molecule has 1 N–H and O–H groups in total. The second-order valence-corrected chi connectivity index (χ2v) is 4.58. The first kappa shape index (κ1) is 9.75. The van der Waals surface area contributed by atoms with Crippen LogP contribution in [0.2, 0.25) is 0 Å². The standard InChI is InChI=1S/C10H17NS/c1-5-10(11-4)9-6-7(2)12-8(9)3/h6,10-11H,5H2,1-4H3. The average Bonchev–Trinajstić information content (AvgIpc) is 2.34. The highest BCUT2D eigenvalue weighted by atomic mass is 32.1. The van der Waals surface area contributed by atoms with E-state index in [0.717, 1.165) is 6.42 Å². The predicted octanol–water partition coefficient (Wildman–Crippen LogP) is 3.04. The first-order valence-corrected chi connectivity index (χ1v) is 5.24. The van der Waals surface area contributed by atoms with Crippen molar-refractivity contribution in [3.8, 4) is 0 Å². The molecule has 0 aromatic carbocycles. The molecule has 2 heteroatoms. The smallest absolute Gasteiger partial charge is 0.0325 e. The molecule has 1 aromatic heterocycles. The third-order valence-electron chi connectivity index (χ3n) is 2.21. The molecule has 0 aliphatic carbocycles. The monoisotopic (exact) mass is 183 g/mol. The van der Waals surface area contributed by atoms with Gasteiger partial charge < -0.3 is 5.32 Å². The number of thiophene rings is 1. The van der Waals surface area contributed by atoms with E-state index in [-0.39, 0.29) is 0 Å². The lowest BCUT2D eigenvalue weighted by Gasteiger charge is -2.12. The molecule has 0 saturated carbocycles. The zero-order chi connectivity index (χ0) is 9.14. The van der Waals surface area contributed by atoms with Gasteiger partial charge in [-0.15, -0.1) is 11.3 Å². The summed E-state index contributed by atoms with van der Waals surface area (Å²) in [5.41, 5.74) is 1.47. The lowest BCUT2D eigenvalue weighted by atomic mass is 10.1. The summed E-state index contributed by atoms with van der Waals surface area (Å²) in [7, 11) is 2.03. The summed E-state index contributed by atoms with van der Waals surface area (Å²) < 4.78 is 0. The molecule has 0 spiro atoms. The molecule has 0 saturated heterocycles. The number of rotatable bonds is 3. The number of hydrogen-bond donors (Lipinski definition) is 1. The maximum Gasteiger partial charge on any atom is 0.0325 e. The first-order chi connectivity index (χ1) is 5.69. The number of hydrogen-bond acceptors (Lipinski definition) is 2. The third-order valence-corrected chi connectivity index (χ3v) is 3.19. The van der Waals surface area contributed by atoms with Crippen LogP contribution in [0.15, 0.2) is 6.07 Å². The normalized spacial score (nSPS) is 13.3. The van der Waals surface area contributed by atoms with Gasteiger partial charge in [-0.05, 0) is 38.9 Å².